The van der Waals surface area contributed by atoms with Crippen LogP contribution in [0, 0.1) is 12.8 Å². The Kier molecular flexibility index (Phi) is 3.62. The lowest BCUT2D eigenvalue weighted by Gasteiger charge is -2.18. The zero-order valence-electron chi connectivity index (χ0n) is 11.8. The van der Waals surface area contributed by atoms with E-state index < -0.39 is 0 Å². The lowest BCUT2D eigenvalue weighted by atomic mass is 9.88. The fraction of sp³-hybridized carbons (Fsp3) is 0.353. The van der Waals surface area contributed by atoms with E-state index in [2.05, 4.69) is 6.92 Å². The number of hydrogen-bond donors (Lipinski definition) is 0. The van der Waals surface area contributed by atoms with Crippen molar-refractivity contribution in [3.05, 3.63) is 51.2 Å². The predicted molar refractivity (Wildman–Crippen MR) is 81.6 cm³/mol. The van der Waals surface area contributed by atoms with E-state index in [0.29, 0.717) is 5.75 Å². The molecular weight excluding hydrogens is 268 g/mol. The molecule has 2 aromatic rings. The van der Waals surface area contributed by atoms with Crippen molar-refractivity contribution in [1.29, 1.82) is 0 Å². The first-order chi connectivity index (χ1) is 9.65. The Labute approximate surface area is 123 Å². The Hall–Kier alpha value is -1.61. The van der Waals surface area contributed by atoms with Gasteiger partial charge in [0.2, 0.25) is 0 Å². The molecule has 1 aliphatic rings. The zero-order valence-corrected chi connectivity index (χ0v) is 12.6. The summed E-state index contributed by atoms with van der Waals surface area (Å²) in [5.41, 5.74) is 2.96. The van der Waals surface area contributed by atoms with Crippen LogP contribution in [0.3, 0.4) is 0 Å². The molecular formula is C17H18O2S. The quantitative estimate of drug-likeness (QED) is 0.604. The predicted octanol–water partition coefficient (Wildman–Crippen LogP) is 4.40. The smallest absolute Gasteiger partial charge is 0.344 e. The van der Waals surface area contributed by atoms with Crippen LogP contribution in [0.5, 0.6) is 5.75 Å². The number of ether oxygens (including phenoxy) is 1. The van der Waals surface area contributed by atoms with E-state index in [1.54, 1.807) is 11.3 Å². The summed E-state index contributed by atoms with van der Waals surface area (Å²) in [7, 11) is 0. The summed E-state index contributed by atoms with van der Waals surface area (Å²) in [5, 5.41) is 1.96. The highest BCUT2D eigenvalue weighted by molar-refractivity contribution is 7.10. The van der Waals surface area contributed by atoms with Gasteiger partial charge in [-0.15, -0.1) is 11.3 Å². The standard InChI is InChI=1S/C17H18O2S/c1-11-7-8-13-14(10-20-16(13)9-11)17(18)19-15-6-4-3-5-12(15)2/h3-6,10-11H,7-9H2,1-2H3. The van der Waals surface area contributed by atoms with Crippen LogP contribution >= 0.6 is 11.3 Å². The highest BCUT2D eigenvalue weighted by Gasteiger charge is 2.24. The van der Waals surface area contributed by atoms with Gasteiger partial charge in [0, 0.05) is 10.3 Å². The molecule has 1 atom stereocenters. The van der Waals surface area contributed by atoms with Gasteiger partial charge in [-0.3, -0.25) is 0 Å². The van der Waals surface area contributed by atoms with Crippen molar-refractivity contribution in [2.75, 3.05) is 0 Å². The molecule has 0 saturated heterocycles. The Morgan fingerprint density at radius 1 is 1.35 bits per heavy atom. The highest BCUT2D eigenvalue weighted by atomic mass is 32.1. The molecule has 0 fully saturated rings. The van der Waals surface area contributed by atoms with Crippen molar-refractivity contribution >= 4 is 17.3 Å². The first-order valence-electron chi connectivity index (χ1n) is 7.02. The van der Waals surface area contributed by atoms with E-state index in [1.807, 2.05) is 36.6 Å². The lowest BCUT2D eigenvalue weighted by Crippen LogP contribution is -2.15. The SMILES string of the molecule is Cc1ccccc1OC(=O)c1csc2c1CCC(C)C2. The summed E-state index contributed by atoms with van der Waals surface area (Å²) in [6.45, 7) is 4.22. The molecule has 1 aliphatic carbocycles. The molecule has 0 bridgehead atoms. The van der Waals surface area contributed by atoms with Gasteiger partial charge >= 0.3 is 5.97 Å². The number of esters is 1. The summed E-state index contributed by atoms with van der Waals surface area (Å²) in [5.74, 6) is 1.16. The minimum Gasteiger partial charge on any atom is -0.423 e. The topological polar surface area (TPSA) is 26.3 Å². The van der Waals surface area contributed by atoms with Gasteiger partial charge in [0.1, 0.15) is 5.75 Å². The van der Waals surface area contributed by atoms with E-state index >= 15 is 0 Å². The average molecular weight is 286 g/mol. The Balaban J connectivity index is 1.84. The summed E-state index contributed by atoms with van der Waals surface area (Å²) in [6, 6.07) is 7.63. The molecule has 2 nitrogen and oxygen atoms in total. The number of para-hydroxylation sites is 1. The molecule has 1 aromatic carbocycles. The molecule has 1 heterocycles. The van der Waals surface area contributed by atoms with E-state index in [1.165, 1.54) is 10.4 Å². The van der Waals surface area contributed by atoms with Crippen LogP contribution < -0.4 is 4.74 Å². The minimum absolute atomic E-state index is 0.216. The van der Waals surface area contributed by atoms with Gasteiger partial charge in [-0.05, 0) is 49.3 Å². The largest absolute Gasteiger partial charge is 0.423 e. The second kappa shape index (κ2) is 5.41. The van der Waals surface area contributed by atoms with Gasteiger partial charge in [0.05, 0.1) is 5.56 Å². The zero-order chi connectivity index (χ0) is 14.1. The van der Waals surface area contributed by atoms with Crippen molar-refractivity contribution in [2.45, 2.75) is 33.1 Å². The molecule has 0 spiro atoms. The molecule has 0 N–H and O–H groups in total. The number of benzene rings is 1. The van der Waals surface area contributed by atoms with Crippen molar-refractivity contribution in [3.63, 3.8) is 0 Å². The molecule has 104 valence electrons. The van der Waals surface area contributed by atoms with E-state index in [0.717, 1.165) is 36.3 Å². The normalized spacial score (nSPS) is 17.6. The van der Waals surface area contributed by atoms with Crippen molar-refractivity contribution in [2.24, 2.45) is 5.92 Å². The molecule has 0 radical (unpaired) electrons. The van der Waals surface area contributed by atoms with Gasteiger partial charge in [-0.25, -0.2) is 4.79 Å². The molecule has 3 rings (SSSR count). The van der Waals surface area contributed by atoms with Crippen LogP contribution in [0.2, 0.25) is 0 Å². The minimum atomic E-state index is -0.216. The van der Waals surface area contributed by atoms with Crippen molar-refractivity contribution in [1.82, 2.24) is 0 Å². The number of rotatable bonds is 2. The lowest BCUT2D eigenvalue weighted by molar-refractivity contribution is 0.0732. The van der Waals surface area contributed by atoms with Crippen LogP contribution in [-0.2, 0) is 12.8 Å². The van der Waals surface area contributed by atoms with E-state index in [4.69, 9.17) is 4.74 Å². The maximum Gasteiger partial charge on any atom is 0.344 e. The molecule has 0 saturated carbocycles. The van der Waals surface area contributed by atoms with Crippen LogP contribution in [-0.4, -0.2) is 5.97 Å². The van der Waals surface area contributed by atoms with Gasteiger partial charge in [0.15, 0.2) is 0 Å². The number of fused-ring (bicyclic) bond motifs is 1. The first kappa shape index (κ1) is 13.4. The number of hydrogen-bond acceptors (Lipinski definition) is 3. The molecule has 20 heavy (non-hydrogen) atoms. The number of carbonyl (C=O) groups excluding carboxylic acids is 1. The monoisotopic (exact) mass is 286 g/mol. The number of thiophene rings is 1. The molecule has 1 unspecified atom stereocenters. The van der Waals surface area contributed by atoms with Crippen LogP contribution in [0.15, 0.2) is 29.6 Å². The van der Waals surface area contributed by atoms with E-state index in [9.17, 15) is 4.79 Å². The first-order valence-corrected chi connectivity index (χ1v) is 7.90. The number of aryl methyl sites for hydroxylation is 1. The second-order valence-corrected chi connectivity index (χ2v) is 6.52. The summed E-state index contributed by atoms with van der Waals surface area (Å²) >= 11 is 1.70. The van der Waals surface area contributed by atoms with Gasteiger partial charge in [0.25, 0.3) is 0 Å². The van der Waals surface area contributed by atoms with Crippen LogP contribution in [0.1, 0.15) is 39.7 Å². The van der Waals surface area contributed by atoms with Gasteiger partial charge in [-0.1, -0.05) is 25.1 Å². The number of carbonyl (C=O) groups is 1. The maximum atomic E-state index is 12.4. The third kappa shape index (κ3) is 2.50. The molecule has 0 amide bonds. The fourth-order valence-electron chi connectivity index (χ4n) is 2.67. The second-order valence-electron chi connectivity index (χ2n) is 5.55. The highest BCUT2D eigenvalue weighted by Crippen LogP contribution is 2.33. The summed E-state index contributed by atoms with van der Waals surface area (Å²) in [6.07, 6.45) is 3.25. The third-order valence-electron chi connectivity index (χ3n) is 3.92. The third-order valence-corrected chi connectivity index (χ3v) is 4.97. The molecule has 1 aromatic heterocycles. The Morgan fingerprint density at radius 3 is 2.95 bits per heavy atom. The summed E-state index contributed by atoms with van der Waals surface area (Å²) < 4.78 is 5.55. The van der Waals surface area contributed by atoms with Crippen molar-refractivity contribution in [3.8, 4) is 5.75 Å². The Morgan fingerprint density at radius 2 is 2.15 bits per heavy atom. The Bertz CT molecular complexity index is 642. The summed E-state index contributed by atoms with van der Waals surface area (Å²) in [4.78, 5) is 13.7. The van der Waals surface area contributed by atoms with Crippen LogP contribution in [0.25, 0.3) is 0 Å². The average Bonchev–Trinajstić information content (AvgIpc) is 2.84. The van der Waals surface area contributed by atoms with Crippen LogP contribution in [0.4, 0.5) is 0 Å². The fourth-order valence-corrected chi connectivity index (χ4v) is 3.91. The molecule has 3 heteroatoms. The molecule has 0 aliphatic heterocycles. The van der Waals surface area contributed by atoms with Gasteiger partial charge in [-0.2, -0.15) is 0 Å². The van der Waals surface area contributed by atoms with Gasteiger partial charge < -0.3 is 4.74 Å². The van der Waals surface area contributed by atoms with Crippen molar-refractivity contribution < 1.29 is 9.53 Å². The van der Waals surface area contributed by atoms with E-state index in [-0.39, 0.29) is 5.97 Å². The maximum absolute atomic E-state index is 12.4.